The number of amides is 1. The van der Waals surface area contributed by atoms with E-state index in [4.69, 9.17) is 9.84 Å². The molecule has 0 spiro atoms. The highest BCUT2D eigenvalue weighted by Gasteiger charge is 2.36. The molecule has 0 rings (SSSR count). The molecule has 0 unspecified atom stereocenters. The Morgan fingerprint density at radius 3 is 2.25 bits per heavy atom. The van der Waals surface area contributed by atoms with Gasteiger partial charge in [-0.15, -0.1) is 0 Å². The highest BCUT2D eigenvalue weighted by atomic mass is 16.6. The summed E-state index contributed by atoms with van der Waals surface area (Å²) in [6, 6.07) is -1.43. The van der Waals surface area contributed by atoms with Crippen molar-refractivity contribution in [2.24, 2.45) is 0 Å². The smallest absolute Gasteiger partial charge is 0.330 e. The van der Waals surface area contributed by atoms with Crippen LogP contribution in [0.1, 0.15) is 0 Å². The van der Waals surface area contributed by atoms with Crippen LogP contribution in [-0.4, -0.2) is 64.4 Å². The SMILES string of the molecule is C=CC(=O)N[C@@H](C=O)[C@@H](OC(=O)C=C)[C@H](O)[C@H](O)CO. The van der Waals surface area contributed by atoms with Gasteiger partial charge >= 0.3 is 5.97 Å². The minimum absolute atomic E-state index is 0.218. The third-order valence-corrected chi connectivity index (χ3v) is 2.33. The van der Waals surface area contributed by atoms with Crippen LogP contribution in [0.15, 0.2) is 25.3 Å². The van der Waals surface area contributed by atoms with Gasteiger partial charge in [-0.2, -0.15) is 0 Å². The van der Waals surface area contributed by atoms with E-state index in [0.29, 0.717) is 0 Å². The summed E-state index contributed by atoms with van der Waals surface area (Å²) < 4.78 is 4.72. The Balaban J connectivity index is 5.18. The molecule has 20 heavy (non-hydrogen) atoms. The molecule has 0 aromatic rings. The number of carbonyl (C=O) groups excluding carboxylic acids is 3. The average Bonchev–Trinajstić information content (AvgIpc) is 2.48. The fourth-order valence-electron chi connectivity index (χ4n) is 1.28. The molecule has 0 saturated heterocycles. The number of esters is 1. The molecule has 4 N–H and O–H groups in total. The maximum absolute atomic E-state index is 11.2. The molecular weight excluding hydrogens is 270 g/mol. The van der Waals surface area contributed by atoms with Gasteiger partial charge < -0.3 is 30.2 Å². The molecule has 0 fully saturated rings. The Kier molecular flexibility index (Phi) is 8.06. The van der Waals surface area contributed by atoms with E-state index in [1.807, 2.05) is 0 Å². The van der Waals surface area contributed by atoms with E-state index in [2.05, 4.69) is 18.5 Å². The number of aliphatic hydroxyl groups is 3. The second kappa shape index (κ2) is 8.97. The van der Waals surface area contributed by atoms with Gasteiger partial charge in [0.1, 0.15) is 24.5 Å². The molecule has 0 saturated carbocycles. The van der Waals surface area contributed by atoms with Gasteiger partial charge in [-0.05, 0) is 6.08 Å². The first-order valence-corrected chi connectivity index (χ1v) is 5.59. The number of carbonyl (C=O) groups is 3. The number of ether oxygens (including phenoxy) is 1. The van der Waals surface area contributed by atoms with Crippen molar-refractivity contribution < 1.29 is 34.4 Å². The Labute approximate surface area is 115 Å². The van der Waals surface area contributed by atoms with Crippen molar-refractivity contribution in [3.63, 3.8) is 0 Å². The van der Waals surface area contributed by atoms with Gasteiger partial charge in [0.2, 0.25) is 5.91 Å². The van der Waals surface area contributed by atoms with Crippen LogP contribution >= 0.6 is 0 Å². The van der Waals surface area contributed by atoms with Crippen LogP contribution in [0.4, 0.5) is 0 Å². The molecule has 0 aliphatic heterocycles. The average molecular weight is 287 g/mol. The standard InChI is InChI=1S/C12H17NO7/c1-3-9(17)13-7(5-14)12(20-10(18)4-2)11(19)8(16)6-15/h3-5,7-8,11-12,15-16,19H,1-2,6H2,(H,13,17)/t7-,8+,11+,12+/m0/s1. The minimum atomic E-state index is -1.79. The molecule has 0 aliphatic rings. The predicted molar refractivity (Wildman–Crippen MR) is 67.4 cm³/mol. The summed E-state index contributed by atoms with van der Waals surface area (Å²) >= 11 is 0. The van der Waals surface area contributed by atoms with E-state index in [1.165, 1.54) is 0 Å². The quantitative estimate of drug-likeness (QED) is 0.212. The predicted octanol–water partition coefficient (Wildman–Crippen LogP) is -2.33. The number of hydrogen-bond acceptors (Lipinski definition) is 7. The summed E-state index contributed by atoms with van der Waals surface area (Å²) in [6.45, 7) is 5.49. The van der Waals surface area contributed by atoms with E-state index in [9.17, 15) is 24.6 Å². The van der Waals surface area contributed by atoms with Gasteiger partial charge in [-0.25, -0.2) is 4.79 Å². The van der Waals surface area contributed by atoms with Crippen LogP contribution in [0.25, 0.3) is 0 Å². The van der Waals surface area contributed by atoms with Crippen LogP contribution < -0.4 is 5.32 Å². The van der Waals surface area contributed by atoms with Crippen LogP contribution in [0.2, 0.25) is 0 Å². The Bertz CT molecular complexity index is 382. The van der Waals surface area contributed by atoms with Crippen molar-refractivity contribution in [3.8, 4) is 0 Å². The van der Waals surface area contributed by atoms with E-state index in [0.717, 1.165) is 12.2 Å². The second-order valence-corrected chi connectivity index (χ2v) is 3.72. The van der Waals surface area contributed by atoms with E-state index in [-0.39, 0.29) is 6.29 Å². The van der Waals surface area contributed by atoms with Gasteiger partial charge in [-0.3, -0.25) is 4.79 Å². The molecule has 1 amide bonds. The van der Waals surface area contributed by atoms with E-state index >= 15 is 0 Å². The van der Waals surface area contributed by atoms with Gasteiger partial charge in [0.25, 0.3) is 0 Å². The maximum atomic E-state index is 11.2. The van der Waals surface area contributed by atoms with Crippen molar-refractivity contribution in [1.29, 1.82) is 0 Å². The molecule has 0 aliphatic carbocycles. The second-order valence-electron chi connectivity index (χ2n) is 3.72. The number of nitrogens with one attached hydrogen (secondary N) is 1. The highest BCUT2D eigenvalue weighted by Crippen LogP contribution is 2.10. The van der Waals surface area contributed by atoms with Crippen LogP contribution in [0.5, 0.6) is 0 Å². The lowest BCUT2D eigenvalue weighted by Crippen LogP contribution is -2.55. The molecule has 0 aromatic carbocycles. The van der Waals surface area contributed by atoms with Gasteiger partial charge in [0.15, 0.2) is 6.10 Å². The summed E-state index contributed by atoms with van der Waals surface area (Å²) in [5.74, 6) is -1.72. The Morgan fingerprint density at radius 2 is 1.85 bits per heavy atom. The first-order chi connectivity index (χ1) is 9.40. The summed E-state index contributed by atoms with van der Waals surface area (Å²) in [5.41, 5.74) is 0. The lowest BCUT2D eigenvalue weighted by atomic mass is 10.0. The van der Waals surface area contributed by atoms with Crippen molar-refractivity contribution in [3.05, 3.63) is 25.3 Å². The number of hydrogen-bond donors (Lipinski definition) is 4. The van der Waals surface area contributed by atoms with Crippen molar-refractivity contribution in [1.82, 2.24) is 5.32 Å². The Hall–Kier alpha value is -2.03. The number of aldehydes is 1. The van der Waals surface area contributed by atoms with E-state index in [1.54, 1.807) is 0 Å². The number of aliphatic hydroxyl groups excluding tert-OH is 3. The zero-order valence-electron chi connectivity index (χ0n) is 10.6. The molecule has 0 heterocycles. The lowest BCUT2D eigenvalue weighted by molar-refractivity contribution is -0.160. The summed E-state index contributed by atoms with van der Waals surface area (Å²) in [7, 11) is 0. The molecule has 0 radical (unpaired) electrons. The topological polar surface area (TPSA) is 133 Å². The fraction of sp³-hybridized carbons (Fsp3) is 0.417. The molecule has 8 nitrogen and oxygen atoms in total. The van der Waals surface area contributed by atoms with Gasteiger partial charge in [-0.1, -0.05) is 13.2 Å². The summed E-state index contributed by atoms with van der Waals surface area (Å²) in [6.07, 6.45) is -3.18. The number of rotatable bonds is 9. The monoisotopic (exact) mass is 287 g/mol. The van der Waals surface area contributed by atoms with Crippen LogP contribution in [0, 0.1) is 0 Å². The minimum Gasteiger partial charge on any atom is -0.454 e. The highest BCUT2D eigenvalue weighted by molar-refractivity contribution is 5.89. The van der Waals surface area contributed by atoms with Crippen molar-refractivity contribution >= 4 is 18.2 Å². The molecule has 112 valence electrons. The summed E-state index contributed by atoms with van der Waals surface area (Å²) in [4.78, 5) is 33.3. The van der Waals surface area contributed by atoms with Crippen LogP contribution in [-0.2, 0) is 19.1 Å². The lowest BCUT2D eigenvalue weighted by Gasteiger charge is -2.29. The van der Waals surface area contributed by atoms with Crippen molar-refractivity contribution in [2.75, 3.05) is 6.61 Å². The molecule has 4 atom stereocenters. The molecular formula is C12H17NO7. The Morgan fingerprint density at radius 1 is 1.25 bits per heavy atom. The third kappa shape index (κ3) is 5.31. The van der Waals surface area contributed by atoms with Gasteiger partial charge in [0.05, 0.1) is 6.61 Å². The fourth-order valence-corrected chi connectivity index (χ4v) is 1.28. The van der Waals surface area contributed by atoms with Crippen molar-refractivity contribution in [2.45, 2.75) is 24.4 Å². The maximum Gasteiger partial charge on any atom is 0.330 e. The largest absolute Gasteiger partial charge is 0.454 e. The molecule has 0 aromatic heterocycles. The zero-order valence-corrected chi connectivity index (χ0v) is 10.6. The van der Waals surface area contributed by atoms with Gasteiger partial charge in [0, 0.05) is 6.08 Å². The normalized spacial score (nSPS) is 16.1. The third-order valence-electron chi connectivity index (χ3n) is 2.33. The van der Waals surface area contributed by atoms with E-state index < -0.39 is 42.8 Å². The van der Waals surface area contributed by atoms with Crippen LogP contribution in [0.3, 0.4) is 0 Å². The summed E-state index contributed by atoms with van der Waals surface area (Å²) in [5, 5.41) is 30.0. The first kappa shape index (κ1) is 18.0. The molecule has 0 bridgehead atoms. The first-order valence-electron chi connectivity index (χ1n) is 5.59. The zero-order chi connectivity index (χ0) is 15.7. The molecule has 8 heteroatoms.